The summed E-state index contributed by atoms with van der Waals surface area (Å²) in [6.45, 7) is 4.23. The summed E-state index contributed by atoms with van der Waals surface area (Å²) in [6.07, 6.45) is 1.63. The van der Waals surface area contributed by atoms with Gasteiger partial charge in [-0.25, -0.2) is 0 Å². The molecule has 0 spiro atoms. The predicted octanol–water partition coefficient (Wildman–Crippen LogP) is 6.80. The van der Waals surface area contributed by atoms with Gasteiger partial charge in [-0.15, -0.1) is 0 Å². The van der Waals surface area contributed by atoms with Crippen LogP contribution in [0.2, 0.25) is 0 Å². The van der Waals surface area contributed by atoms with E-state index in [0.29, 0.717) is 36.0 Å². The Morgan fingerprint density at radius 2 is 1.73 bits per heavy atom. The molecule has 0 saturated carbocycles. The molecular formula is C32H28N2O5S. The Hall–Kier alpha value is -4.56. The molecule has 7 nitrogen and oxygen atoms in total. The fourth-order valence-corrected chi connectivity index (χ4v) is 5.27. The van der Waals surface area contributed by atoms with Crippen LogP contribution in [0.3, 0.4) is 0 Å². The van der Waals surface area contributed by atoms with Crippen LogP contribution in [0, 0.1) is 6.92 Å². The molecule has 40 heavy (non-hydrogen) atoms. The molecule has 5 rings (SSSR count). The van der Waals surface area contributed by atoms with Gasteiger partial charge in [0.1, 0.15) is 13.2 Å². The normalized spacial score (nSPS) is 14.2. The minimum Gasteiger partial charge on any atom is -0.490 e. The number of ether oxygens (including phenoxy) is 2. The first-order valence-corrected chi connectivity index (χ1v) is 13.7. The summed E-state index contributed by atoms with van der Waals surface area (Å²) >= 11 is 0.806. The van der Waals surface area contributed by atoms with E-state index in [1.165, 1.54) is 0 Å². The maximum absolute atomic E-state index is 13.0. The zero-order valence-electron chi connectivity index (χ0n) is 22.2. The lowest BCUT2D eigenvalue weighted by molar-refractivity contribution is -0.127. The lowest BCUT2D eigenvalue weighted by Crippen LogP contribution is -2.36. The van der Waals surface area contributed by atoms with Gasteiger partial charge in [0.05, 0.1) is 11.5 Å². The highest BCUT2D eigenvalue weighted by atomic mass is 32.2. The number of benzene rings is 4. The SMILES string of the molecule is CCOc1cc(/C=C2/SC(=O)N(CC(=O)Nc3cccc(C)c3)C2=O)ccc1OCc1cccc2ccccc12. The second-order valence-corrected chi connectivity index (χ2v) is 10.2. The number of hydrogen-bond donors (Lipinski definition) is 1. The standard InChI is InChI=1S/C32H28N2O5S/c1-3-38-28-17-22(14-15-27(28)39-20-24-11-7-10-23-9-4-5-13-26(23)24)18-29-31(36)34(32(37)40-29)19-30(35)33-25-12-6-8-21(2)16-25/h4-18H,3,19-20H2,1-2H3,(H,33,35)/b29-18+. The number of carbonyl (C=O) groups is 3. The van der Waals surface area contributed by atoms with E-state index in [0.717, 1.165) is 38.6 Å². The molecule has 8 heteroatoms. The zero-order valence-corrected chi connectivity index (χ0v) is 23.0. The fourth-order valence-electron chi connectivity index (χ4n) is 4.43. The highest BCUT2D eigenvalue weighted by Crippen LogP contribution is 2.35. The number of fused-ring (bicyclic) bond motifs is 1. The van der Waals surface area contributed by atoms with E-state index in [1.54, 1.807) is 30.3 Å². The summed E-state index contributed by atoms with van der Waals surface area (Å²) in [7, 11) is 0. The first-order valence-electron chi connectivity index (χ1n) is 12.9. The summed E-state index contributed by atoms with van der Waals surface area (Å²) < 4.78 is 12.0. The topological polar surface area (TPSA) is 84.9 Å². The van der Waals surface area contributed by atoms with Crippen molar-refractivity contribution in [3.63, 3.8) is 0 Å². The predicted molar refractivity (Wildman–Crippen MR) is 158 cm³/mol. The Morgan fingerprint density at radius 3 is 2.55 bits per heavy atom. The molecule has 4 aromatic carbocycles. The Bertz CT molecular complexity index is 1630. The van der Waals surface area contributed by atoms with Crippen molar-refractivity contribution in [2.24, 2.45) is 0 Å². The van der Waals surface area contributed by atoms with Crippen molar-refractivity contribution in [3.05, 3.63) is 107 Å². The quantitative estimate of drug-likeness (QED) is 0.230. The third kappa shape index (κ3) is 6.18. The second kappa shape index (κ2) is 12.1. The smallest absolute Gasteiger partial charge is 0.294 e. The van der Waals surface area contributed by atoms with Gasteiger partial charge in [-0.2, -0.15) is 0 Å². The molecule has 202 valence electrons. The summed E-state index contributed by atoms with van der Waals surface area (Å²) in [5.41, 5.74) is 3.34. The molecule has 1 fully saturated rings. The van der Waals surface area contributed by atoms with Gasteiger partial charge in [0.25, 0.3) is 11.1 Å². The van der Waals surface area contributed by atoms with Crippen molar-refractivity contribution < 1.29 is 23.9 Å². The zero-order chi connectivity index (χ0) is 28.1. The lowest BCUT2D eigenvalue weighted by atomic mass is 10.1. The molecule has 1 aliphatic rings. The minimum atomic E-state index is -0.511. The number of nitrogens with one attached hydrogen (secondary N) is 1. The molecule has 0 aromatic heterocycles. The summed E-state index contributed by atoms with van der Waals surface area (Å²) in [4.78, 5) is 39.3. The highest BCUT2D eigenvalue weighted by Gasteiger charge is 2.36. The van der Waals surface area contributed by atoms with E-state index >= 15 is 0 Å². The second-order valence-electron chi connectivity index (χ2n) is 9.25. The fraction of sp³-hybridized carbons (Fsp3) is 0.156. The molecule has 0 radical (unpaired) electrons. The molecule has 0 bridgehead atoms. The molecule has 0 atom stereocenters. The summed E-state index contributed by atoms with van der Waals surface area (Å²) in [5, 5.41) is 4.51. The number of thioether (sulfide) groups is 1. The van der Waals surface area contributed by atoms with Gasteiger partial charge in [0.2, 0.25) is 5.91 Å². The largest absolute Gasteiger partial charge is 0.490 e. The summed E-state index contributed by atoms with van der Waals surface area (Å²) in [6, 6.07) is 26.9. The van der Waals surface area contributed by atoms with Gasteiger partial charge in [-0.05, 0) is 83.4 Å². The Morgan fingerprint density at radius 1 is 0.925 bits per heavy atom. The number of aryl methyl sites for hydroxylation is 1. The first kappa shape index (κ1) is 27.0. The average molecular weight is 553 g/mol. The minimum absolute atomic E-state index is 0.236. The number of amides is 3. The van der Waals surface area contributed by atoms with Crippen LogP contribution in [0.1, 0.15) is 23.6 Å². The maximum Gasteiger partial charge on any atom is 0.294 e. The molecule has 0 unspecified atom stereocenters. The Balaban J connectivity index is 1.29. The van der Waals surface area contributed by atoms with E-state index < -0.39 is 17.1 Å². The van der Waals surface area contributed by atoms with Crippen LogP contribution in [0.15, 0.2) is 89.8 Å². The van der Waals surface area contributed by atoms with E-state index in [1.807, 2.05) is 56.3 Å². The number of carbonyl (C=O) groups excluding carboxylic acids is 3. The Kier molecular flexibility index (Phi) is 8.17. The van der Waals surface area contributed by atoms with Gasteiger partial charge in [-0.3, -0.25) is 19.3 Å². The van der Waals surface area contributed by atoms with E-state index in [4.69, 9.17) is 9.47 Å². The van der Waals surface area contributed by atoms with Crippen LogP contribution in [0.5, 0.6) is 11.5 Å². The third-order valence-electron chi connectivity index (χ3n) is 6.31. The number of imide groups is 1. The van der Waals surface area contributed by atoms with Gasteiger partial charge >= 0.3 is 0 Å². The molecule has 1 heterocycles. The van der Waals surface area contributed by atoms with Crippen LogP contribution >= 0.6 is 11.8 Å². The van der Waals surface area contributed by atoms with Crippen molar-refractivity contribution >= 4 is 51.4 Å². The van der Waals surface area contributed by atoms with Crippen molar-refractivity contribution in [2.45, 2.75) is 20.5 Å². The first-order chi connectivity index (χ1) is 19.4. The molecule has 1 N–H and O–H groups in total. The van der Waals surface area contributed by atoms with Crippen LogP contribution in [-0.4, -0.2) is 35.1 Å². The molecule has 1 aliphatic heterocycles. The van der Waals surface area contributed by atoms with Crippen LogP contribution in [0.4, 0.5) is 10.5 Å². The van der Waals surface area contributed by atoms with Crippen LogP contribution in [0.25, 0.3) is 16.8 Å². The number of rotatable bonds is 9. The van der Waals surface area contributed by atoms with Crippen LogP contribution in [-0.2, 0) is 16.2 Å². The van der Waals surface area contributed by atoms with Crippen molar-refractivity contribution in [2.75, 3.05) is 18.5 Å². The number of hydrogen-bond acceptors (Lipinski definition) is 6. The van der Waals surface area contributed by atoms with Gasteiger partial charge in [0.15, 0.2) is 11.5 Å². The maximum atomic E-state index is 13.0. The highest BCUT2D eigenvalue weighted by molar-refractivity contribution is 8.18. The monoisotopic (exact) mass is 552 g/mol. The molecule has 3 amide bonds. The van der Waals surface area contributed by atoms with Crippen molar-refractivity contribution in [3.8, 4) is 11.5 Å². The third-order valence-corrected chi connectivity index (χ3v) is 7.21. The van der Waals surface area contributed by atoms with E-state index in [2.05, 4.69) is 23.5 Å². The molecule has 4 aromatic rings. The summed E-state index contributed by atoms with van der Waals surface area (Å²) in [5.74, 6) is 0.158. The van der Waals surface area contributed by atoms with Gasteiger partial charge in [-0.1, -0.05) is 60.7 Å². The van der Waals surface area contributed by atoms with Gasteiger partial charge < -0.3 is 14.8 Å². The number of nitrogens with zero attached hydrogens (tertiary/aromatic N) is 1. The molecule has 0 aliphatic carbocycles. The van der Waals surface area contributed by atoms with E-state index in [-0.39, 0.29) is 11.4 Å². The van der Waals surface area contributed by atoms with Crippen LogP contribution < -0.4 is 14.8 Å². The lowest BCUT2D eigenvalue weighted by Gasteiger charge is -2.14. The molecule has 1 saturated heterocycles. The average Bonchev–Trinajstić information content (AvgIpc) is 3.20. The van der Waals surface area contributed by atoms with Crippen molar-refractivity contribution in [1.29, 1.82) is 0 Å². The van der Waals surface area contributed by atoms with E-state index in [9.17, 15) is 14.4 Å². The molecular weight excluding hydrogens is 524 g/mol. The van der Waals surface area contributed by atoms with Crippen molar-refractivity contribution in [1.82, 2.24) is 4.90 Å². The number of anilines is 1. The Labute approximate surface area is 236 Å². The van der Waals surface area contributed by atoms with Gasteiger partial charge in [0, 0.05) is 5.69 Å².